The molecular weight excluding hydrogens is 985 g/mol. The van der Waals surface area contributed by atoms with E-state index in [1.54, 1.807) is 0 Å². The van der Waals surface area contributed by atoms with Crippen molar-refractivity contribution in [2.75, 3.05) is 13.2 Å². The van der Waals surface area contributed by atoms with Gasteiger partial charge in [0, 0.05) is 19.3 Å². The molecular formula is C74H122O6. The van der Waals surface area contributed by atoms with Gasteiger partial charge in [-0.05, 0) is 135 Å². The van der Waals surface area contributed by atoms with Crippen LogP contribution in [0.4, 0.5) is 0 Å². The molecule has 0 aliphatic rings. The lowest BCUT2D eigenvalue weighted by Crippen LogP contribution is -2.30. The summed E-state index contributed by atoms with van der Waals surface area (Å²) < 4.78 is 16.9. The molecule has 0 rings (SSSR count). The topological polar surface area (TPSA) is 78.9 Å². The summed E-state index contributed by atoms with van der Waals surface area (Å²) in [6.07, 6.45) is 94.7. The van der Waals surface area contributed by atoms with Crippen LogP contribution in [0.2, 0.25) is 0 Å². The van der Waals surface area contributed by atoms with Crippen LogP contribution >= 0.6 is 0 Å². The Morgan fingerprint density at radius 3 is 0.775 bits per heavy atom. The van der Waals surface area contributed by atoms with Crippen LogP contribution < -0.4 is 0 Å². The maximum absolute atomic E-state index is 12.9. The molecule has 0 heterocycles. The quantitative estimate of drug-likeness (QED) is 0.0261. The van der Waals surface area contributed by atoms with E-state index in [1.165, 1.54) is 122 Å². The van der Waals surface area contributed by atoms with E-state index in [0.29, 0.717) is 19.3 Å². The molecule has 0 aliphatic carbocycles. The Balaban J connectivity index is 4.24. The molecule has 0 aromatic heterocycles. The second-order valence-electron chi connectivity index (χ2n) is 21.6. The molecule has 0 radical (unpaired) electrons. The highest BCUT2D eigenvalue weighted by Crippen LogP contribution is 2.16. The molecule has 6 heteroatoms. The lowest BCUT2D eigenvalue weighted by molar-refractivity contribution is -0.167. The zero-order chi connectivity index (χ0) is 57.8. The molecule has 0 aromatic rings. The average Bonchev–Trinajstić information content (AvgIpc) is 3.46. The summed E-state index contributed by atoms with van der Waals surface area (Å²) in [4.78, 5) is 38.3. The highest BCUT2D eigenvalue weighted by Gasteiger charge is 2.19. The highest BCUT2D eigenvalue weighted by atomic mass is 16.6. The van der Waals surface area contributed by atoms with Gasteiger partial charge >= 0.3 is 17.9 Å². The van der Waals surface area contributed by atoms with Gasteiger partial charge in [0.1, 0.15) is 13.2 Å². The molecule has 80 heavy (non-hydrogen) atoms. The lowest BCUT2D eigenvalue weighted by Gasteiger charge is -2.18. The monoisotopic (exact) mass is 1110 g/mol. The van der Waals surface area contributed by atoms with Crippen molar-refractivity contribution in [2.45, 2.75) is 303 Å². The number of esters is 3. The van der Waals surface area contributed by atoms with Crippen molar-refractivity contribution in [3.8, 4) is 0 Å². The summed E-state index contributed by atoms with van der Waals surface area (Å²) >= 11 is 0. The number of unbranched alkanes of at least 4 members (excludes halogenated alkanes) is 26. The molecule has 0 saturated carbocycles. The van der Waals surface area contributed by atoms with Gasteiger partial charge in [0.15, 0.2) is 6.10 Å². The fourth-order valence-electron chi connectivity index (χ4n) is 8.96. The fourth-order valence-corrected chi connectivity index (χ4v) is 8.96. The lowest BCUT2D eigenvalue weighted by atomic mass is 10.0. The minimum atomic E-state index is -0.792. The van der Waals surface area contributed by atoms with Crippen molar-refractivity contribution in [3.63, 3.8) is 0 Å². The second-order valence-corrected chi connectivity index (χ2v) is 21.6. The summed E-state index contributed by atoms with van der Waals surface area (Å²) in [6.45, 7) is 6.38. The number of ether oxygens (including phenoxy) is 3. The van der Waals surface area contributed by atoms with Crippen LogP contribution in [0.3, 0.4) is 0 Å². The molecule has 6 nitrogen and oxygen atoms in total. The van der Waals surface area contributed by atoms with E-state index in [0.717, 1.165) is 135 Å². The van der Waals surface area contributed by atoms with E-state index < -0.39 is 6.10 Å². The minimum Gasteiger partial charge on any atom is -0.462 e. The van der Waals surface area contributed by atoms with Gasteiger partial charge in [-0.2, -0.15) is 0 Å². The Morgan fingerprint density at radius 1 is 0.263 bits per heavy atom. The Labute approximate surface area is 494 Å². The molecule has 454 valence electrons. The average molecular weight is 1110 g/mol. The molecule has 0 spiro atoms. The summed E-state index contributed by atoms with van der Waals surface area (Å²) in [5.74, 6) is -0.906. The highest BCUT2D eigenvalue weighted by molar-refractivity contribution is 5.71. The first kappa shape index (κ1) is 75.5. The van der Waals surface area contributed by atoms with Crippen LogP contribution in [0.15, 0.2) is 134 Å². The maximum atomic E-state index is 12.9. The number of hydrogen-bond donors (Lipinski definition) is 0. The van der Waals surface area contributed by atoms with Crippen molar-refractivity contribution in [2.24, 2.45) is 0 Å². The summed E-state index contributed by atoms with van der Waals surface area (Å²) in [6, 6.07) is 0. The van der Waals surface area contributed by atoms with Gasteiger partial charge in [0.25, 0.3) is 0 Å². The van der Waals surface area contributed by atoms with Crippen molar-refractivity contribution >= 4 is 17.9 Å². The van der Waals surface area contributed by atoms with Crippen LogP contribution in [0.25, 0.3) is 0 Å². The number of allylic oxidation sites excluding steroid dienone is 22. The molecule has 1 atom stereocenters. The predicted octanol–water partition coefficient (Wildman–Crippen LogP) is 22.9. The van der Waals surface area contributed by atoms with Crippen LogP contribution in [-0.2, 0) is 28.6 Å². The molecule has 0 amide bonds. The van der Waals surface area contributed by atoms with E-state index in [-0.39, 0.29) is 31.1 Å². The van der Waals surface area contributed by atoms with Crippen LogP contribution in [0.5, 0.6) is 0 Å². The third-order valence-electron chi connectivity index (χ3n) is 13.9. The summed E-state index contributed by atoms with van der Waals surface area (Å²) in [7, 11) is 0. The van der Waals surface area contributed by atoms with E-state index in [1.807, 2.05) is 0 Å². The van der Waals surface area contributed by atoms with Gasteiger partial charge in [-0.25, -0.2) is 0 Å². The molecule has 0 aliphatic heterocycles. The number of carbonyl (C=O) groups excluding carboxylic acids is 3. The van der Waals surface area contributed by atoms with E-state index in [4.69, 9.17) is 14.2 Å². The molecule has 0 aromatic carbocycles. The number of hydrogen-bond acceptors (Lipinski definition) is 6. The fraction of sp³-hybridized carbons (Fsp3) is 0.662. The van der Waals surface area contributed by atoms with Crippen LogP contribution in [0.1, 0.15) is 297 Å². The van der Waals surface area contributed by atoms with Crippen molar-refractivity contribution in [1.82, 2.24) is 0 Å². The molecule has 0 saturated heterocycles. The van der Waals surface area contributed by atoms with Crippen molar-refractivity contribution in [1.29, 1.82) is 0 Å². The zero-order valence-corrected chi connectivity index (χ0v) is 52.0. The van der Waals surface area contributed by atoms with Gasteiger partial charge in [-0.3, -0.25) is 14.4 Å². The molecule has 0 fully saturated rings. The van der Waals surface area contributed by atoms with Crippen LogP contribution in [-0.4, -0.2) is 37.2 Å². The Kier molecular flexibility index (Phi) is 63.3. The largest absolute Gasteiger partial charge is 0.462 e. The van der Waals surface area contributed by atoms with Gasteiger partial charge in [-0.1, -0.05) is 276 Å². The first-order valence-electron chi connectivity index (χ1n) is 33.2. The Morgan fingerprint density at radius 2 is 0.487 bits per heavy atom. The standard InChI is InChI=1S/C74H122O6/c1-4-7-10-13-16-19-22-25-27-29-30-31-32-33-34-35-36-37-38-39-40-41-42-43-44-46-47-49-52-55-58-61-64-67-73(76)79-70-71(69-78-72(75)66-63-60-57-54-51-24-21-18-15-12-9-6-3)80-74(77)68-65-62-59-56-53-50-48-45-28-26-23-20-17-14-11-8-5-2/h7-8,10-11,16-21,25-28,30-31,33-34,36-37,39-40,71H,4-6,9,12-15,22-24,29,32,35,38,41-70H2,1-3H3/b10-7-,11-8-,19-16-,20-17-,21-18-,27-25-,28-26-,31-30-,34-33-,37-36-,40-39-. The zero-order valence-electron chi connectivity index (χ0n) is 52.0. The van der Waals surface area contributed by atoms with E-state index >= 15 is 0 Å². The van der Waals surface area contributed by atoms with Crippen molar-refractivity contribution in [3.05, 3.63) is 134 Å². The summed E-state index contributed by atoms with van der Waals surface area (Å²) in [5, 5.41) is 0. The molecule has 0 N–H and O–H groups in total. The number of rotatable bonds is 59. The Hall–Kier alpha value is -4.45. The summed E-state index contributed by atoms with van der Waals surface area (Å²) in [5.41, 5.74) is 0. The maximum Gasteiger partial charge on any atom is 0.306 e. The Bertz CT molecular complexity index is 1700. The first-order valence-corrected chi connectivity index (χ1v) is 33.2. The van der Waals surface area contributed by atoms with Crippen molar-refractivity contribution < 1.29 is 28.6 Å². The molecule has 0 bridgehead atoms. The van der Waals surface area contributed by atoms with Gasteiger partial charge in [0.2, 0.25) is 0 Å². The predicted molar refractivity (Wildman–Crippen MR) is 348 cm³/mol. The molecule has 1 unspecified atom stereocenters. The van der Waals surface area contributed by atoms with E-state index in [2.05, 4.69) is 154 Å². The van der Waals surface area contributed by atoms with Gasteiger partial charge < -0.3 is 14.2 Å². The number of carbonyl (C=O) groups is 3. The van der Waals surface area contributed by atoms with Crippen LogP contribution in [0, 0.1) is 0 Å². The van der Waals surface area contributed by atoms with Gasteiger partial charge in [-0.15, -0.1) is 0 Å². The third kappa shape index (κ3) is 64.4. The first-order chi connectivity index (χ1) is 39.5. The normalized spacial score (nSPS) is 13.0. The van der Waals surface area contributed by atoms with Gasteiger partial charge in [0.05, 0.1) is 0 Å². The minimum absolute atomic E-state index is 0.0881. The second kappa shape index (κ2) is 67.1. The smallest absolute Gasteiger partial charge is 0.306 e. The van der Waals surface area contributed by atoms with E-state index in [9.17, 15) is 14.4 Å². The third-order valence-corrected chi connectivity index (χ3v) is 13.9. The SMILES string of the molecule is CC/C=C\C/C=C\C/C=C\C/C=C\C/C=C\C/C=C\C/C=C\CCCCCCCCCCCCCC(=O)OCC(COC(=O)CCCCCCC/C=C\CCCCC)OC(=O)CCCCCCCCC/C=C\C/C=C\C/C=C\CC.